The summed E-state index contributed by atoms with van der Waals surface area (Å²) in [5.41, 5.74) is 0. The number of carboxylic acids is 1. The summed E-state index contributed by atoms with van der Waals surface area (Å²) in [5.74, 6) is -0.686. The van der Waals surface area contributed by atoms with Crippen molar-refractivity contribution in [3.63, 3.8) is 0 Å². The van der Waals surface area contributed by atoms with Gasteiger partial charge in [-0.25, -0.2) is 0 Å². The molecule has 0 aromatic rings. The zero-order valence-electron chi connectivity index (χ0n) is 11.6. The molecule has 1 N–H and O–H groups in total. The Morgan fingerprint density at radius 1 is 0.941 bits per heavy atom. The third-order valence-corrected chi connectivity index (χ3v) is 8.13. The Balaban J connectivity index is 4.35. The summed E-state index contributed by atoms with van der Waals surface area (Å²) in [6, 6.07) is 0. The maximum absolute atomic E-state index is 10.9. The lowest BCUT2D eigenvalue weighted by molar-refractivity contribution is -0.137. The van der Waals surface area contributed by atoms with Crippen LogP contribution < -0.4 is 0 Å². The Morgan fingerprint density at radius 3 is 1.53 bits per heavy atom. The molecule has 0 aliphatic rings. The number of rotatable bonds is 10. The van der Waals surface area contributed by atoms with E-state index in [9.17, 15) is 4.79 Å². The number of nitrogens with zero attached hydrogens (tertiary/aromatic N) is 1. The molecule has 0 radical (unpaired) electrons. The third kappa shape index (κ3) is 8.08. The second kappa shape index (κ2) is 10.2. The second-order valence-electron chi connectivity index (χ2n) is 4.11. The van der Waals surface area contributed by atoms with Crippen molar-refractivity contribution in [3.8, 4) is 0 Å². The minimum absolute atomic E-state index is 0.00615. The monoisotopic (exact) mass is 279 g/mol. The van der Waals surface area contributed by atoms with Crippen molar-refractivity contribution in [3.05, 3.63) is 0 Å². The predicted molar refractivity (Wildman–Crippen MR) is 80.1 cm³/mol. The molecule has 0 aromatic carbocycles. The lowest BCUT2D eigenvalue weighted by atomic mass is 10.6. The lowest BCUT2D eigenvalue weighted by Crippen LogP contribution is -2.31. The van der Waals surface area contributed by atoms with Gasteiger partial charge in [-0.3, -0.25) is 9.69 Å². The minimum atomic E-state index is -0.686. The molecule has 0 unspecified atom stereocenters. The molecule has 102 valence electrons. The van der Waals surface area contributed by atoms with E-state index in [4.69, 9.17) is 5.11 Å². The highest BCUT2D eigenvalue weighted by atomic mass is 31.1. The van der Waals surface area contributed by atoms with Crippen molar-refractivity contribution >= 4 is 21.8 Å². The molecule has 0 fully saturated rings. The smallest absolute Gasteiger partial charge is 0.317 e. The first-order chi connectivity index (χ1) is 8.07. The summed E-state index contributed by atoms with van der Waals surface area (Å²) in [4.78, 5) is 13.1. The van der Waals surface area contributed by atoms with Gasteiger partial charge in [-0.15, -0.1) is 0 Å². The first-order valence-electron chi connectivity index (χ1n) is 6.46. The molecule has 5 heteroatoms. The van der Waals surface area contributed by atoms with Gasteiger partial charge in [0.15, 0.2) is 0 Å². The van der Waals surface area contributed by atoms with Crippen LogP contribution in [0.25, 0.3) is 0 Å². The van der Waals surface area contributed by atoms with E-state index in [2.05, 4.69) is 32.6 Å². The van der Waals surface area contributed by atoms with E-state index < -0.39 is 5.97 Å². The maximum Gasteiger partial charge on any atom is 0.317 e. The topological polar surface area (TPSA) is 40.5 Å². The largest absolute Gasteiger partial charge is 0.480 e. The molecular weight excluding hydrogens is 252 g/mol. The van der Waals surface area contributed by atoms with Gasteiger partial charge in [0.25, 0.3) is 0 Å². The summed E-state index contributed by atoms with van der Waals surface area (Å²) in [7, 11) is 0.0123. The highest BCUT2D eigenvalue weighted by Gasteiger charge is 2.16. The summed E-state index contributed by atoms with van der Waals surface area (Å²) < 4.78 is 0. The van der Waals surface area contributed by atoms with Crippen LogP contribution in [-0.2, 0) is 4.79 Å². The molecule has 0 bridgehead atoms. The van der Waals surface area contributed by atoms with Crippen LogP contribution in [0.4, 0.5) is 0 Å². The first kappa shape index (κ1) is 17.3. The Hall–Kier alpha value is 0.290. The van der Waals surface area contributed by atoms with Gasteiger partial charge in [-0.2, -0.15) is 0 Å². The fourth-order valence-electron chi connectivity index (χ4n) is 1.75. The molecule has 3 nitrogen and oxygen atoms in total. The molecule has 0 amide bonds. The molecule has 17 heavy (non-hydrogen) atoms. The van der Waals surface area contributed by atoms with E-state index in [1.54, 1.807) is 0 Å². The first-order valence-corrected chi connectivity index (χ1v) is 10.3. The molecule has 0 atom stereocenters. The van der Waals surface area contributed by atoms with Crippen LogP contribution in [0.3, 0.4) is 0 Å². The highest BCUT2D eigenvalue weighted by Crippen LogP contribution is 2.39. The molecule has 0 rings (SSSR count). The Kier molecular flexibility index (Phi) is 10.4. The summed E-state index contributed by atoms with van der Waals surface area (Å²) in [6.07, 6.45) is 6.84. The van der Waals surface area contributed by atoms with Crippen LogP contribution in [0.15, 0.2) is 0 Å². The van der Waals surface area contributed by atoms with Crippen molar-refractivity contribution in [2.75, 3.05) is 43.8 Å². The van der Waals surface area contributed by atoms with Crippen LogP contribution in [0, 0.1) is 0 Å². The SMILES string of the molecule is CCP(CC)CN(CC(=O)O)CP(CC)CC. The van der Waals surface area contributed by atoms with Gasteiger partial charge in [-0.05, 0) is 24.6 Å². The second-order valence-corrected chi connectivity index (χ2v) is 9.89. The van der Waals surface area contributed by atoms with Gasteiger partial charge < -0.3 is 5.11 Å². The van der Waals surface area contributed by atoms with Crippen LogP contribution in [-0.4, -0.2) is 59.7 Å². The van der Waals surface area contributed by atoms with E-state index in [-0.39, 0.29) is 22.4 Å². The third-order valence-electron chi connectivity index (χ3n) is 2.95. The van der Waals surface area contributed by atoms with E-state index in [1.807, 2.05) is 0 Å². The summed E-state index contributed by atoms with van der Waals surface area (Å²) >= 11 is 0. The molecular formula is C12H27NO2P2. The predicted octanol–water partition coefficient (Wildman–Crippen LogP) is 3.33. The average Bonchev–Trinajstić information content (AvgIpc) is 2.31. The van der Waals surface area contributed by atoms with Gasteiger partial charge >= 0.3 is 5.97 Å². The number of aliphatic carboxylic acids is 1. The molecule has 0 saturated heterocycles. The molecule has 0 heterocycles. The number of hydrogen-bond donors (Lipinski definition) is 1. The van der Waals surface area contributed by atoms with Crippen LogP contribution in [0.2, 0.25) is 0 Å². The lowest BCUT2D eigenvalue weighted by Gasteiger charge is -2.28. The van der Waals surface area contributed by atoms with Gasteiger partial charge in [0, 0.05) is 12.6 Å². The van der Waals surface area contributed by atoms with Crippen molar-refractivity contribution in [2.45, 2.75) is 27.7 Å². The van der Waals surface area contributed by atoms with E-state index in [0.717, 1.165) is 12.6 Å². The zero-order valence-corrected chi connectivity index (χ0v) is 13.4. The normalized spacial score (nSPS) is 11.7. The van der Waals surface area contributed by atoms with Crippen molar-refractivity contribution in [2.24, 2.45) is 0 Å². The standard InChI is InChI=1S/C12H27NO2P2/c1-5-16(6-2)10-13(9-12(14)15)11-17(7-3)8-4/h5-11H2,1-4H3,(H,14,15). The van der Waals surface area contributed by atoms with Crippen LogP contribution in [0.5, 0.6) is 0 Å². The fourth-order valence-corrected chi connectivity index (χ4v) is 5.13. The maximum atomic E-state index is 10.9. The average molecular weight is 279 g/mol. The molecule has 0 saturated carbocycles. The van der Waals surface area contributed by atoms with Crippen molar-refractivity contribution in [1.82, 2.24) is 4.90 Å². The Morgan fingerprint density at radius 2 is 1.29 bits per heavy atom. The van der Waals surface area contributed by atoms with E-state index in [0.29, 0.717) is 0 Å². The van der Waals surface area contributed by atoms with E-state index in [1.165, 1.54) is 24.6 Å². The Labute approximate surface area is 108 Å². The molecule has 0 aromatic heterocycles. The summed E-state index contributed by atoms with van der Waals surface area (Å²) in [6.45, 7) is 9.10. The van der Waals surface area contributed by atoms with Gasteiger partial charge in [0.2, 0.25) is 0 Å². The minimum Gasteiger partial charge on any atom is -0.480 e. The summed E-state index contributed by atoms with van der Waals surface area (Å²) in [5, 5.41) is 8.97. The van der Waals surface area contributed by atoms with Crippen molar-refractivity contribution in [1.29, 1.82) is 0 Å². The number of carboxylic acid groups (broad SMARTS) is 1. The van der Waals surface area contributed by atoms with Crippen LogP contribution in [0.1, 0.15) is 27.7 Å². The van der Waals surface area contributed by atoms with E-state index >= 15 is 0 Å². The zero-order chi connectivity index (χ0) is 13.3. The number of carbonyl (C=O) groups is 1. The quantitative estimate of drug-likeness (QED) is 0.624. The molecule has 0 aliphatic heterocycles. The Bertz CT molecular complexity index is 193. The number of hydrogen-bond acceptors (Lipinski definition) is 2. The molecule has 0 spiro atoms. The van der Waals surface area contributed by atoms with Crippen molar-refractivity contribution < 1.29 is 9.90 Å². The van der Waals surface area contributed by atoms with Gasteiger partial charge in [0.1, 0.15) is 0 Å². The van der Waals surface area contributed by atoms with Gasteiger partial charge in [0.05, 0.1) is 6.54 Å². The highest BCUT2D eigenvalue weighted by molar-refractivity contribution is 7.58. The molecule has 0 aliphatic carbocycles. The fraction of sp³-hybridized carbons (Fsp3) is 0.917. The van der Waals surface area contributed by atoms with Crippen LogP contribution >= 0.6 is 15.8 Å². The van der Waals surface area contributed by atoms with Gasteiger partial charge in [-0.1, -0.05) is 43.5 Å².